The molecule has 0 aliphatic rings. The summed E-state index contributed by atoms with van der Waals surface area (Å²) in [6.45, 7) is 2.77. The van der Waals surface area contributed by atoms with Crippen LogP contribution in [0.2, 0.25) is 10.0 Å². The van der Waals surface area contributed by atoms with Crippen LogP contribution in [0.5, 0.6) is 5.75 Å². The lowest BCUT2D eigenvalue weighted by atomic mass is 10.2. The minimum absolute atomic E-state index is 0.424. The Morgan fingerprint density at radius 2 is 1.89 bits per heavy atom. The van der Waals surface area contributed by atoms with E-state index in [9.17, 15) is 0 Å². The fourth-order valence-corrected chi connectivity index (χ4v) is 2.17. The van der Waals surface area contributed by atoms with Crippen LogP contribution in [0.1, 0.15) is 38.2 Å². The SMILES string of the molecule is CCCCCCOc1c(Cl)cc(/C=N/O)cc1Cl. The zero-order valence-corrected chi connectivity index (χ0v) is 11.8. The Kier molecular flexibility index (Phi) is 6.91. The second-order valence-corrected chi connectivity index (χ2v) is 4.78. The van der Waals surface area contributed by atoms with Crippen molar-refractivity contribution in [3.8, 4) is 5.75 Å². The molecule has 5 heteroatoms. The standard InChI is InChI=1S/C13H17Cl2NO2/c1-2-3-4-5-6-18-13-11(14)7-10(9-16-17)8-12(13)15/h7-9,17H,2-6H2,1H3/b16-9+. The Bertz CT molecular complexity index is 385. The maximum atomic E-state index is 8.45. The highest BCUT2D eigenvalue weighted by atomic mass is 35.5. The molecular weight excluding hydrogens is 273 g/mol. The van der Waals surface area contributed by atoms with Gasteiger partial charge in [0.05, 0.1) is 22.9 Å². The quantitative estimate of drug-likeness (QED) is 0.340. The highest BCUT2D eigenvalue weighted by Crippen LogP contribution is 2.34. The molecule has 0 amide bonds. The monoisotopic (exact) mass is 289 g/mol. The topological polar surface area (TPSA) is 41.8 Å². The van der Waals surface area contributed by atoms with Gasteiger partial charge >= 0.3 is 0 Å². The molecule has 1 aromatic carbocycles. The lowest BCUT2D eigenvalue weighted by molar-refractivity contribution is 0.305. The molecule has 100 valence electrons. The number of hydrogen-bond donors (Lipinski definition) is 1. The Balaban J connectivity index is 2.60. The van der Waals surface area contributed by atoms with Crippen molar-refractivity contribution in [1.82, 2.24) is 0 Å². The number of benzene rings is 1. The summed E-state index contributed by atoms with van der Waals surface area (Å²) in [5.41, 5.74) is 0.630. The van der Waals surface area contributed by atoms with E-state index >= 15 is 0 Å². The van der Waals surface area contributed by atoms with Gasteiger partial charge in [0.15, 0.2) is 5.75 Å². The van der Waals surface area contributed by atoms with Crippen LogP contribution in [-0.2, 0) is 0 Å². The molecule has 0 radical (unpaired) electrons. The molecule has 0 saturated carbocycles. The predicted octanol–water partition coefficient (Wildman–Crippen LogP) is 4.76. The van der Waals surface area contributed by atoms with Gasteiger partial charge in [-0.1, -0.05) is 54.5 Å². The molecule has 0 bridgehead atoms. The molecule has 0 saturated heterocycles. The number of ether oxygens (including phenoxy) is 1. The van der Waals surface area contributed by atoms with Crippen molar-refractivity contribution >= 4 is 29.4 Å². The highest BCUT2D eigenvalue weighted by Gasteiger charge is 2.09. The molecule has 1 N–H and O–H groups in total. The fourth-order valence-electron chi connectivity index (χ4n) is 1.56. The van der Waals surface area contributed by atoms with E-state index in [-0.39, 0.29) is 0 Å². The summed E-state index contributed by atoms with van der Waals surface area (Å²) in [6, 6.07) is 3.29. The molecule has 0 fully saturated rings. The molecule has 0 atom stereocenters. The van der Waals surface area contributed by atoms with Crippen LogP contribution in [0.4, 0.5) is 0 Å². The summed E-state index contributed by atoms with van der Waals surface area (Å²) in [5.74, 6) is 0.491. The van der Waals surface area contributed by atoms with Crippen LogP contribution in [0, 0.1) is 0 Å². The van der Waals surface area contributed by atoms with E-state index in [1.807, 2.05) is 0 Å². The van der Waals surface area contributed by atoms with E-state index in [4.69, 9.17) is 33.1 Å². The van der Waals surface area contributed by atoms with Crippen molar-refractivity contribution in [2.24, 2.45) is 5.16 Å². The first-order valence-electron chi connectivity index (χ1n) is 5.98. The van der Waals surface area contributed by atoms with Crippen LogP contribution in [-0.4, -0.2) is 18.0 Å². The first-order chi connectivity index (χ1) is 8.69. The lowest BCUT2D eigenvalue weighted by Gasteiger charge is -2.10. The molecule has 0 spiro atoms. The summed E-state index contributed by atoms with van der Waals surface area (Å²) in [7, 11) is 0. The van der Waals surface area contributed by atoms with Gasteiger partial charge in [-0.25, -0.2) is 0 Å². The average Bonchev–Trinajstić information content (AvgIpc) is 2.32. The summed E-state index contributed by atoms with van der Waals surface area (Å²) >= 11 is 12.1. The molecule has 18 heavy (non-hydrogen) atoms. The number of hydrogen-bond acceptors (Lipinski definition) is 3. The minimum Gasteiger partial charge on any atom is -0.490 e. The molecule has 0 aliphatic heterocycles. The van der Waals surface area contributed by atoms with E-state index in [1.54, 1.807) is 12.1 Å². The summed E-state index contributed by atoms with van der Waals surface area (Å²) in [4.78, 5) is 0. The Morgan fingerprint density at radius 3 is 2.44 bits per heavy atom. The molecule has 1 aromatic rings. The summed E-state index contributed by atoms with van der Waals surface area (Å²) < 4.78 is 5.58. The fraction of sp³-hybridized carbons (Fsp3) is 0.462. The van der Waals surface area contributed by atoms with Crippen LogP contribution in [0.25, 0.3) is 0 Å². The predicted molar refractivity (Wildman–Crippen MR) is 75.5 cm³/mol. The van der Waals surface area contributed by atoms with Gasteiger partial charge in [-0.3, -0.25) is 0 Å². The third kappa shape index (κ3) is 4.75. The Hall–Kier alpha value is -0.930. The smallest absolute Gasteiger partial charge is 0.156 e. The van der Waals surface area contributed by atoms with Gasteiger partial charge in [0.25, 0.3) is 0 Å². The number of nitrogens with zero attached hydrogens (tertiary/aromatic N) is 1. The van der Waals surface area contributed by atoms with Gasteiger partial charge in [0.2, 0.25) is 0 Å². The number of rotatable bonds is 7. The van der Waals surface area contributed by atoms with Gasteiger partial charge in [-0.2, -0.15) is 0 Å². The average molecular weight is 290 g/mol. The maximum absolute atomic E-state index is 8.45. The van der Waals surface area contributed by atoms with Crippen LogP contribution >= 0.6 is 23.2 Å². The van der Waals surface area contributed by atoms with E-state index < -0.39 is 0 Å². The third-order valence-corrected chi connectivity index (χ3v) is 3.03. The molecule has 3 nitrogen and oxygen atoms in total. The van der Waals surface area contributed by atoms with Gasteiger partial charge in [0, 0.05) is 0 Å². The van der Waals surface area contributed by atoms with E-state index in [0.29, 0.717) is 28.0 Å². The first kappa shape index (κ1) is 15.1. The summed E-state index contributed by atoms with van der Waals surface area (Å²) in [6.07, 6.45) is 5.79. The van der Waals surface area contributed by atoms with Gasteiger partial charge in [0.1, 0.15) is 0 Å². The van der Waals surface area contributed by atoms with Crippen molar-refractivity contribution < 1.29 is 9.94 Å². The largest absolute Gasteiger partial charge is 0.490 e. The van der Waals surface area contributed by atoms with Crippen molar-refractivity contribution in [2.45, 2.75) is 32.6 Å². The zero-order chi connectivity index (χ0) is 13.4. The normalized spacial score (nSPS) is 11.1. The van der Waals surface area contributed by atoms with Gasteiger partial charge in [-0.15, -0.1) is 0 Å². The first-order valence-corrected chi connectivity index (χ1v) is 6.74. The number of oxime groups is 1. The third-order valence-electron chi connectivity index (χ3n) is 2.47. The van der Waals surface area contributed by atoms with Crippen LogP contribution in [0.15, 0.2) is 17.3 Å². The molecular formula is C13H17Cl2NO2. The molecule has 0 unspecified atom stereocenters. The van der Waals surface area contributed by atoms with Gasteiger partial charge in [-0.05, 0) is 24.1 Å². The lowest BCUT2D eigenvalue weighted by Crippen LogP contribution is -1.99. The second-order valence-electron chi connectivity index (χ2n) is 3.97. The van der Waals surface area contributed by atoms with E-state index in [1.165, 1.54) is 19.1 Å². The minimum atomic E-state index is 0.424. The number of halogens is 2. The van der Waals surface area contributed by atoms with Crippen molar-refractivity contribution in [3.05, 3.63) is 27.7 Å². The maximum Gasteiger partial charge on any atom is 0.156 e. The van der Waals surface area contributed by atoms with Crippen LogP contribution in [0.3, 0.4) is 0 Å². The second kappa shape index (κ2) is 8.22. The molecule has 0 heterocycles. The van der Waals surface area contributed by atoms with E-state index in [2.05, 4.69) is 12.1 Å². The summed E-state index contributed by atoms with van der Waals surface area (Å²) in [5, 5.41) is 12.2. The van der Waals surface area contributed by atoms with Crippen LogP contribution < -0.4 is 4.74 Å². The Labute approximate surface area is 117 Å². The van der Waals surface area contributed by atoms with Crippen molar-refractivity contribution in [3.63, 3.8) is 0 Å². The molecule has 0 aliphatic carbocycles. The highest BCUT2D eigenvalue weighted by molar-refractivity contribution is 6.37. The van der Waals surface area contributed by atoms with Crippen molar-refractivity contribution in [1.29, 1.82) is 0 Å². The van der Waals surface area contributed by atoms with E-state index in [0.717, 1.165) is 12.8 Å². The zero-order valence-electron chi connectivity index (χ0n) is 10.3. The molecule has 0 aromatic heterocycles. The van der Waals surface area contributed by atoms with Gasteiger partial charge < -0.3 is 9.94 Å². The number of unbranched alkanes of at least 4 members (excludes halogenated alkanes) is 3. The van der Waals surface area contributed by atoms with Crippen molar-refractivity contribution in [2.75, 3.05) is 6.61 Å². The molecule has 1 rings (SSSR count). The Morgan fingerprint density at radius 1 is 1.22 bits per heavy atom.